The summed E-state index contributed by atoms with van der Waals surface area (Å²) < 4.78 is 4.85. The molecule has 1 rings (SSSR count). The smallest absolute Gasteiger partial charge is 0.306 e. The summed E-state index contributed by atoms with van der Waals surface area (Å²) in [5, 5.41) is 0. The van der Waals surface area contributed by atoms with Crippen molar-refractivity contribution in [2.75, 3.05) is 6.61 Å². The predicted molar refractivity (Wildman–Crippen MR) is 66.1 cm³/mol. The van der Waals surface area contributed by atoms with Crippen LogP contribution in [0.25, 0.3) is 0 Å². The second-order valence-electron chi connectivity index (χ2n) is 3.98. The molecule has 0 atom stereocenters. The van der Waals surface area contributed by atoms with Gasteiger partial charge in [-0.15, -0.1) is 0 Å². The average Bonchev–Trinajstić information content (AvgIpc) is 2.25. The molecule has 0 heterocycles. The number of carbonyl (C=O) groups is 1. The summed E-state index contributed by atoms with van der Waals surface area (Å²) in [4.78, 5) is 11.1. The molecular weight excluding hydrogens is 200 g/mol. The van der Waals surface area contributed by atoms with Crippen molar-refractivity contribution in [2.45, 2.75) is 39.0 Å². The molecule has 0 fully saturated rings. The van der Waals surface area contributed by atoms with E-state index in [1.54, 1.807) is 0 Å². The molecule has 1 aliphatic carbocycles. The molecule has 0 saturated heterocycles. The van der Waals surface area contributed by atoms with Gasteiger partial charge >= 0.3 is 5.97 Å². The van der Waals surface area contributed by atoms with E-state index in [0.29, 0.717) is 13.0 Å². The van der Waals surface area contributed by atoms with E-state index in [-0.39, 0.29) is 5.97 Å². The van der Waals surface area contributed by atoms with Crippen molar-refractivity contribution in [1.82, 2.24) is 0 Å². The Labute approximate surface area is 97.7 Å². The van der Waals surface area contributed by atoms with E-state index >= 15 is 0 Å². The number of esters is 1. The molecule has 0 amide bonds. The SMILES string of the molecule is C=C1C=C(/C=C/CCC(=O)OCC)CCC1. The molecule has 0 unspecified atom stereocenters. The van der Waals surface area contributed by atoms with E-state index in [9.17, 15) is 4.79 Å². The Bertz CT molecular complexity index is 311. The lowest BCUT2D eigenvalue weighted by molar-refractivity contribution is -0.142. The minimum atomic E-state index is -0.116. The fourth-order valence-electron chi connectivity index (χ4n) is 1.73. The number of rotatable bonds is 5. The maximum atomic E-state index is 11.1. The molecule has 2 heteroatoms. The third-order valence-electron chi connectivity index (χ3n) is 2.51. The molecule has 0 radical (unpaired) electrons. The van der Waals surface area contributed by atoms with Crippen LogP contribution in [0.2, 0.25) is 0 Å². The molecule has 16 heavy (non-hydrogen) atoms. The van der Waals surface area contributed by atoms with Gasteiger partial charge in [0.15, 0.2) is 0 Å². The highest BCUT2D eigenvalue weighted by Crippen LogP contribution is 2.21. The molecule has 1 aliphatic rings. The summed E-state index contributed by atoms with van der Waals surface area (Å²) in [5.74, 6) is -0.116. The van der Waals surface area contributed by atoms with Crippen LogP contribution in [0.1, 0.15) is 39.0 Å². The van der Waals surface area contributed by atoms with E-state index in [2.05, 4.69) is 18.7 Å². The zero-order valence-corrected chi connectivity index (χ0v) is 10.00. The standard InChI is InChI=1S/C14H20O2/c1-3-16-14(15)10-5-4-8-13-9-6-7-12(2)11-13/h4,8,11H,2-3,5-7,9-10H2,1H3/b8-4+. The summed E-state index contributed by atoms with van der Waals surface area (Å²) in [5.41, 5.74) is 2.52. The highest BCUT2D eigenvalue weighted by molar-refractivity contribution is 5.69. The monoisotopic (exact) mass is 220 g/mol. The maximum Gasteiger partial charge on any atom is 0.306 e. The lowest BCUT2D eigenvalue weighted by Crippen LogP contribution is -2.02. The first-order valence-corrected chi connectivity index (χ1v) is 5.93. The van der Waals surface area contributed by atoms with E-state index in [1.165, 1.54) is 17.6 Å². The van der Waals surface area contributed by atoms with Crippen molar-refractivity contribution in [3.63, 3.8) is 0 Å². The Kier molecular flexibility index (Phi) is 5.62. The first-order valence-electron chi connectivity index (χ1n) is 5.93. The Balaban J connectivity index is 2.26. The summed E-state index contributed by atoms with van der Waals surface area (Å²) >= 11 is 0. The Morgan fingerprint density at radius 1 is 1.56 bits per heavy atom. The fourth-order valence-corrected chi connectivity index (χ4v) is 1.73. The normalized spacial score (nSPS) is 16.3. The van der Waals surface area contributed by atoms with E-state index in [0.717, 1.165) is 19.3 Å². The van der Waals surface area contributed by atoms with Gasteiger partial charge in [-0.25, -0.2) is 0 Å². The summed E-state index contributed by atoms with van der Waals surface area (Å²) in [6.07, 6.45) is 10.9. The van der Waals surface area contributed by atoms with Gasteiger partial charge in [-0.3, -0.25) is 4.79 Å². The highest BCUT2D eigenvalue weighted by atomic mass is 16.5. The lowest BCUT2D eigenvalue weighted by Gasteiger charge is -2.10. The molecular formula is C14H20O2. The highest BCUT2D eigenvalue weighted by Gasteiger charge is 2.03. The zero-order chi connectivity index (χ0) is 11.8. The van der Waals surface area contributed by atoms with Crippen LogP contribution in [0.5, 0.6) is 0 Å². The second kappa shape index (κ2) is 7.04. The van der Waals surface area contributed by atoms with Gasteiger partial charge < -0.3 is 4.74 Å². The quantitative estimate of drug-likeness (QED) is 0.662. The van der Waals surface area contributed by atoms with Gasteiger partial charge in [0.2, 0.25) is 0 Å². The summed E-state index contributed by atoms with van der Waals surface area (Å²) in [7, 11) is 0. The largest absolute Gasteiger partial charge is 0.466 e. The molecule has 88 valence electrons. The van der Waals surface area contributed by atoms with Crippen LogP contribution >= 0.6 is 0 Å². The van der Waals surface area contributed by atoms with Gasteiger partial charge in [-0.05, 0) is 38.2 Å². The summed E-state index contributed by atoms with van der Waals surface area (Å²) in [6, 6.07) is 0. The molecule has 0 saturated carbocycles. The van der Waals surface area contributed by atoms with Gasteiger partial charge in [-0.1, -0.05) is 30.4 Å². The van der Waals surface area contributed by atoms with E-state index < -0.39 is 0 Å². The second-order valence-corrected chi connectivity index (χ2v) is 3.98. The van der Waals surface area contributed by atoms with Crippen molar-refractivity contribution >= 4 is 5.97 Å². The number of hydrogen-bond acceptors (Lipinski definition) is 2. The minimum absolute atomic E-state index is 0.116. The lowest BCUT2D eigenvalue weighted by atomic mass is 9.96. The van der Waals surface area contributed by atoms with Gasteiger partial charge in [0.25, 0.3) is 0 Å². The summed E-state index contributed by atoms with van der Waals surface area (Å²) in [6.45, 7) is 6.25. The first-order chi connectivity index (χ1) is 7.72. The molecule has 0 aromatic heterocycles. The number of allylic oxidation sites excluding steroid dienone is 5. The third kappa shape index (κ3) is 4.96. The third-order valence-corrected chi connectivity index (χ3v) is 2.51. The molecule has 0 aliphatic heterocycles. The predicted octanol–water partition coefficient (Wildman–Crippen LogP) is 3.55. The molecule has 0 aromatic rings. The van der Waals surface area contributed by atoms with Crippen LogP contribution in [0.3, 0.4) is 0 Å². The van der Waals surface area contributed by atoms with Crippen LogP contribution in [-0.4, -0.2) is 12.6 Å². The van der Waals surface area contributed by atoms with Crippen LogP contribution in [0.15, 0.2) is 36.0 Å². The van der Waals surface area contributed by atoms with E-state index in [4.69, 9.17) is 4.74 Å². The van der Waals surface area contributed by atoms with Crippen molar-refractivity contribution in [3.05, 3.63) is 36.0 Å². The first kappa shape index (κ1) is 12.8. The average molecular weight is 220 g/mol. The van der Waals surface area contributed by atoms with Gasteiger partial charge in [-0.2, -0.15) is 0 Å². The van der Waals surface area contributed by atoms with Crippen molar-refractivity contribution in [3.8, 4) is 0 Å². The topological polar surface area (TPSA) is 26.3 Å². The minimum Gasteiger partial charge on any atom is -0.466 e. The van der Waals surface area contributed by atoms with Crippen LogP contribution < -0.4 is 0 Å². The van der Waals surface area contributed by atoms with Crippen molar-refractivity contribution < 1.29 is 9.53 Å². The maximum absolute atomic E-state index is 11.1. The van der Waals surface area contributed by atoms with Crippen LogP contribution in [0.4, 0.5) is 0 Å². The Hall–Kier alpha value is -1.31. The van der Waals surface area contributed by atoms with E-state index in [1.807, 2.05) is 13.0 Å². The van der Waals surface area contributed by atoms with Crippen LogP contribution in [-0.2, 0) is 9.53 Å². The van der Waals surface area contributed by atoms with Crippen LogP contribution in [0, 0.1) is 0 Å². The van der Waals surface area contributed by atoms with Gasteiger partial charge in [0, 0.05) is 6.42 Å². The Morgan fingerprint density at radius 3 is 3.06 bits per heavy atom. The number of carbonyl (C=O) groups excluding carboxylic acids is 1. The fraction of sp³-hybridized carbons (Fsp3) is 0.500. The van der Waals surface area contributed by atoms with Crippen molar-refractivity contribution in [2.24, 2.45) is 0 Å². The number of hydrogen-bond donors (Lipinski definition) is 0. The zero-order valence-electron chi connectivity index (χ0n) is 10.00. The van der Waals surface area contributed by atoms with Gasteiger partial charge in [0.05, 0.1) is 6.61 Å². The Morgan fingerprint density at radius 2 is 2.38 bits per heavy atom. The molecule has 0 N–H and O–H groups in total. The molecule has 2 nitrogen and oxygen atoms in total. The van der Waals surface area contributed by atoms with Crippen molar-refractivity contribution in [1.29, 1.82) is 0 Å². The molecule has 0 bridgehead atoms. The molecule has 0 spiro atoms. The number of ether oxygens (including phenoxy) is 1. The molecule has 0 aromatic carbocycles. The van der Waals surface area contributed by atoms with Gasteiger partial charge in [0.1, 0.15) is 0 Å².